The molecule has 1 N–H and O–H groups in total. The van der Waals surface area contributed by atoms with Gasteiger partial charge in [0.1, 0.15) is 0 Å². The molecule has 0 radical (unpaired) electrons. The van der Waals surface area contributed by atoms with Crippen molar-refractivity contribution in [3.8, 4) is 0 Å². The second kappa shape index (κ2) is 6.47. The highest BCUT2D eigenvalue weighted by molar-refractivity contribution is 7.99. The van der Waals surface area contributed by atoms with Gasteiger partial charge in [0.05, 0.1) is 11.7 Å². The molecule has 0 saturated heterocycles. The summed E-state index contributed by atoms with van der Waals surface area (Å²) in [4.78, 5) is 0.554. The molecule has 1 aromatic heterocycles. The maximum atomic E-state index is 12.6. The first-order valence-electron chi connectivity index (χ1n) is 6.70. The van der Waals surface area contributed by atoms with Gasteiger partial charge in [-0.2, -0.15) is 13.9 Å². The summed E-state index contributed by atoms with van der Waals surface area (Å²) < 4.78 is 27.1. The van der Waals surface area contributed by atoms with Crippen molar-refractivity contribution in [2.75, 3.05) is 5.32 Å². The third-order valence-electron chi connectivity index (χ3n) is 3.47. The maximum absolute atomic E-state index is 12.6. The first-order valence-corrected chi connectivity index (χ1v) is 7.58. The van der Waals surface area contributed by atoms with Crippen LogP contribution in [0.4, 0.5) is 14.5 Å². The van der Waals surface area contributed by atoms with E-state index in [1.54, 1.807) is 12.1 Å². The Kier molecular flexibility index (Phi) is 4.88. The van der Waals surface area contributed by atoms with Gasteiger partial charge < -0.3 is 5.32 Å². The monoisotopic (exact) mass is 311 g/mol. The highest BCUT2D eigenvalue weighted by Gasteiger charge is 2.18. The standard InChI is InChI=1S/C15H19F2N3S/c1-9(14-10(2)19-20(4)11(14)3)18-12-7-5-6-8-13(12)21-15(16)17/h5-9,15,18H,1-4H3. The number of nitrogens with zero attached hydrogens (tertiary/aromatic N) is 2. The molecule has 114 valence electrons. The van der Waals surface area contributed by atoms with Crippen molar-refractivity contribution in [3.63, 3.8) is 0 Å². The molecular formula is C15H19F2N3S. The number of aryl methyl sites for hydroxylation is 2. The molecule has 0 aliphatic heterocycles. The van der Waals surface area contributed by atoms with E-state index in [0.717, 1.165) is 22.6 Å². The van der Waals surface area contributed by atoms with E-state index < -0.39 is 5.76 Å². The Morgan fingerprint density at radius 3 is 2.48 bits per heavy atom. The Hall–Kier alpha value is -1.56. The van der Waals surface area contributed by atoms with E-state index in [-0.39, 0.29) is 6.04 Å². The molecule has 21 heavy (non-hydrogen) atoms. The van der Waals surface area contributed by atoms with Crippen LogP contribution in [0.3, 0.4) is 0 Å². The van der Waals surface area contributed by atoms with Crippen LogP contribution in [0.2, 0.25) is 0 Å². The zero-order valence-corrected chi connectivity index (χ0v) is 13.3. The Morgan fingerprint density at radius 2 is 1.90 bits per heavy atom. The lowest BCUT2D eigenvalue weighted by atomic mass is 10.1. The lowest BCUT2D eigenvalue weighted by molar-refractivity contribution is 0.252. The second-order valence-electron chi connectivity index (χ2n) is 4.95. The Balaban J connectivity index is 2.25. The van der Waals surface area contributed by atoms with E-state index in [2.05, 4.69) is 10.4 Å². The van der Waals surface area contributed by atoms with Crippen LogP contribution in [0.5, 0.6) is 0 Å². The number of hydrogen-bond acceptors (Lipinski definition) is 3. The first kappa shape index (κ1) is 15.8. The molecule has 1 unspecified atom stereocenters. The summed E-state index contributed by atoms with van der Waals surface area (Å²) in [7, 11) is 1.90. The Labute approximate surface area is 127 Å². The summed E-state index contributed by atoms with van der Waals surface area (Å²) in [6.45, 7) is 5.98. The fourth-order valence-corrected chi connectivity index (χ4v) is 3.11. The molecule has 2 rings (SSSR count). The van der Waals surface area contributed by atoms with Gasteiger partial charge in [0.2, 0.25) is 0 Å². The van der Waals surface area contributed by atoms with Crippen LogP contribution < -0.4 is 5.32 Å². The molecule has 0 bridgehead atoms. The van der Waals surface area contributed by atoms with E-state index in [4.69, 9.17) is 0 Å². The number of anilines is 1. The molecule has 1 atom stereocenters. The zero-order valence-electron chi connectivity index (χ0n) is 12.5. The minimum absolute atomic E-state index is 0.00174. The smallest absolute Gasteiger partial charge is 0.288 e. The summed E-state index contributed by atoms with van der Waals surface area (Å²) in [5.74, 6) is -2.43. The lowest BCUT2D eigenvalue weighted by Gasteiger charge is -2.18. The third-order valence-corrected chi connectivity index (χ3v) is 4.26. The van der Waals surface area contributed by atoms with Crippen molar-refractivity contribution in [2.45, 2.75) is 37.5 Å². The van der Waals surface area contributed by atoms with Crippen molar-refractivity contribution in [3.05, 3.63) is 41.2 Å². The van der Waals surface area contributed by atoms with Crippen molar-refractivity contribution in [2.24, 2.45) is 7.05 Å². The van der Waals surface area contributed by atoms with Crippen molar-refractivity contribution < 1.29 is 8.78 Å². The number of thioether (sulfide) groups is 1. The van der Waals surface area contributed by atoms with Crippen molar-refractivity contribution >= 4 is 17.4 Å². The van der Waals surface area contributed by atoms with Gasteiger partial charge in [-0.25, -0.2) is 0 Å². The van der Waals surface area contributed by atoms with E-state index in [0.29, 0.717) is 16.7 Å². The number of para-hydroxylation sites is 1. The predicted molar refractivity (Wildman–Crippen MR) is 83.0 cm³/mol. The summed E-state index contributed by atoms with van der Waals surface area (Å²) >= 11 is 0.559. The van der Waals surface area contributed by atoms with Gasteiger partial charge >= 0.3 is 0 Å². The highest BCUT2D eigenvalue weighted by atomic mass is 32.2. The van der Waals surface area contributed by atoms with Gasteiger partial charge in [-0.3, -0.25) is 4.68 Å². The summed E-state index contributed by atoms with van der Waals surface area (Å²) in [5, 5.41) is 7.72. The third kappa shape index (κ3) is 3.56. The number of nitrogens with one attached hydrogen (secondary N) is 1. The van der Waals surface area contributed by atoms with Crippen molar-refractivity contribution in [1.29, 1.82) is 0 Å². The largest absolute Gasteiger partial charge is 0.377 e. The molecule has 2 aromatic rings. The summed E-state index contributed by atoms with van der Waals surface area (Å²) in [6.07, 6.45) is 0. The Morgan fingerprint density at radius 1 is 1.24 bits per heavy atom. The van der Waals surface area contributed by atoms with Gasteiger partial charge in [-0.15, -0.1) is 0 Å². The molecule has 0 amide bonds. The van der Waals surface area contributed by atoms with Crippen LogP contribution in [-0.4, -0.2) is 15.5 Å². The van der Waals surface area contributed by atoms with Gasteiger partial charge in [0.15, 0.2) is 0 Å². The fourth-order valence-electron chi connectivity index (χ4n) is 2.51. The molecule has 0 aliphatic carbocycles. The SMILES string of the molecule is Cc1nn(C)c(C)c1C(C)Nc1ccccc1SC(F)F. The van der Waals surface area contributed by atoms with Crippen LogP contribution in [0, 0.1) is 13.8 Å². The van der Waals surface area contributed by atoms with Gasteiger partial charge in [0.25, 0.3) is 5.76 Å². The molecule has 6 heteroatoms. The average molecular weight is 311 g/mol. The molecule has 0 fully saturated rings. The molecule has 1 heterocycles. The van der Waals surface area contributed by atoms with Crippen LogP contribution in [0.15, 0.2) is 29.2 Å². The van der Waals surface area contributed by atoms with Crippen molar-refractivity contribution in [1.82, 2.24) is 9.78 Å². The van der Waals surface area contributed by atoms with Crippen LogP contribution in [0.25, 0.3) is 0 Å². The van der Waals surface area contributed by atoms with E-state index in [1.165, 1.54) is 0 Å². The number of halogens is 2. The van der Waals surface area contributed by atoms with E-state index in [9.17, 15) is 8.78 Å². The molecule has 1 aromatic carbocycles. The number of aromatic nitrogens is 2. The predicted octanol–water partition coefficient (Wildman–Crippen LogP) is 4.52. The van der Waals surface area contributed by atoms with E-state index in [1.807, 2.05) is 44.6 Å². The number of alkyl halides is 2. The minimum atomic E-state index is -2.43. The number of benzene rings is 1. The molecule has 0 aliphatic rings. The summed E-state index contributed by atoms with van der Waals surface area (Å²) in [5.41, 5.74) is 3.85. The molecule has 3 nitrogen and oxygen atoms in total. The summed E-state index contributed by atoms with van der Waals surface area (Å²) in [6, 6.07) is 7.13. The van der Waals surface area contributed by atoms with Gasteiger partial charge in [0, 0.05) is 28.9 Å². The minimum Gasteiger partial charge on any atom is -0.377 e. The highest BCUT2D eigenvalue weighted by Crippen LogP contribution is 2.34. The zero-order chi connectivity index (χ0) is 15.6. The normalized spacial score (nSPS) is 12.7. The molecule has 0 saturated carbocycles. The number of rotatable bonds is 5. The quantitative estimate of drug-likeness (QED) is 0.823. The fraction of sp³-hybridized carbons (Fsp3) is 0.400. The maximum Gasteiger partial charge on any atom is 0.288 e. The van der Waals surface area contributed by atoms with Gasteiger partial charge in [-0.05, 0) is 32.9 Å². The molecule has 0 spiro atoms. The van der Waals surface area contributed by atoms with Crippen LogP contribution in [-0.2, 0) is 7.05 Å². The lowest BCUT2D eigenvalue weighted by Crippen LogP contribution is -2.09. The van der Waals surface area contributed by atoms with Gasteiger partial charge in [-0.1, -0.05) is 23.9 Å². The Bertz CT molecular complexity index is 625. The van der Waals surface area contributed by atoms with Crippen LogP contribution >= 0.6 is 11.8 Å². The average Bonchev–Trinajstić information content (AvgIpc) is 2.65. The topological polar surface area (TPSA) is 29.9 Å². The molecular weight excluding hydrogens is 292 g/mol. The van der Waals surface area contributed by atoms with Crippen LogP contribution in [0.1, 0.15) is 29.9 Å². The number of hydrogen-bond donors (Lipinski definition) is 1. The second-order valence-corrected chi connectivity index (χ2v) is 5.98. The van der Waals surface area contributed by atoms with E-state index >= 15 is 0 Å². The first-order chi connectivity index (χ1) is 9.90.